The van der Waals surface area contributed by atoms with E-state index in [2.05, 4.69) is 12.1 Å². The molecule has 2 aliphatic heterocycles. The summed E-state index contributed by atoms with van der Waals surface area (Å²) in [5.74, 6) is 0.0421. The third-order valence-corrected chi connectivity index (χ3v) is 5.12. The lowest BCUT2D eigenvalue weighted by Crippen LogP contribution is -2.49. The van der Waals surface area contributed by atoms with E-state index < -0.39 is 12.0 Å². The normalized spacial score (nSPS) is 21.8. The fraction of sp³-hybridized carbons (Fsp3) is 0.467. The van der Waals surface area contributed by atoms with Gasteiger partial charge in [0, 0.05) is 18.8 Å². The largest absolute Gasteiger partial charge is 0.480 e. The van der Waals surface area contributed by atoms with Crippen LogP contribution >= 0.6 is 11.8 Å². The molecule has 0 aromatic heterocycles. The molecule has 1 fully saturated rings. The zero-order chi connectivity index (χ0) is 14.8. The Hall–Kier alpha value is -1.69. The van der Waals surface area contributed by atoms with Gasteiger partial charge in [-0.25, -0.2) is 9.59 Å². The van der Waals surface area contributed by atoms with Crippen molar-refractivity contribution in [1.29, 1.82) is 0 Å². The Labute approximate surface area is 127 Å². The molecule has 3 rings (SSSR count). The minimum atomic E-state index is -0.911. The molecular weight excluding hydrogens is 288 g/mol. The number of carbonyl (C=O) groups excluding carboxylic acids is 1. The molecule has 0 aliphatic carbocycles. The molecular formula is C15H18N2O3S. The summed E-state index contributed by atoms with van der Waals surface area (Å²) in [6.45, 7) is 1.31. The first-order valence-corrected chi connectivity index (χ1v) is 8.25. The van der Waals surface area contributed by atoms with Crippen LogP contribution in [0.1, 0.15) is 11.1 Å². The number of aliphatic carboxylic acids is 1. The van der Waals surface area contributed by atoms with Crippen LogP contribution in [-0.4, -0.2) is 57.7 Å². The number of carbonyl (C=O) groups is 2. The second-order valence-corrected chi connectivity index (χ2v) is 6.36. The van der Waals surface area contributed by atoms with Crippen LogP contribution in [0.25, 0.3) is 0 Å². The highest BCUT2D eigenvalue weighted by Crippen LogP contribution is 2.24. The number of hydrogen-bond acceptors (Lipinski definition) is 3. The number of carboxylic acid groups (broad SMARTS) is 1. The lowest BCUT2D eigenvalue weighted by molar-refractivity contribution is -0.140. The third kappa shape index (κ3) is 2.85. The van der Waals surface area contributed by atoms with Gasteiger partial charge < -0.3 is 14.9 Å². The van der Waals surface area contributed by atoms with Crippen molar-refractivity contribution in [3.05, 3.63) is 35.4 Å². The fourth-order valence-corrected chi connectivity index (χ4v) is 4.01. The van der Waals surface area contributed by atoms with E-state index in [9.17, 15) is 14.7 Å². The van der Waals surface area contributed by atoms with E-state index in [0.29, 0.717) is 24.7 Å². The molecule has 1 aromatic rings. The van der Waals surface area contributed by atoms with Crippen LogP contribution in [0.5, 0.6) is 0 Å². The zero-order valence-electron chi connectivity index (χ0n) is 11.7. The fourth-order valence-electron chi connectivity index (χ4n) is 2.88. The van der Waals surface area contributed by atoms with Crippen molar-refractivity contribution in [1.82, 2.24) is 9.80 Å². The summed E-state index contributed by atoms with van der Waals surface area (Å²) >= 11 is 1.50. The van der Waals surface area contributed by atoms with Crippen LogP contribution < -0.4 is 0 Å². The Morgan fingerprint density at radius 3 is 2.33 bits per heavy atom. The van der Waals surface area contributed by atoms with Crippen molar-refractivity contribution in [2.24, 2.45) is 0 Å². The molecule has 1 saturated heterocycles. The van der Waals surface area contributed by atoms with Gasteiger partial charge in [-0.15, -0.1) is 11.8 Å². The summed E-state index contributed by atoms with van der Waals surface area (Å²) in [4.78, 5) is 27.1. The molecule has 5 nitrogen and oxygen atoms in total. The molecule has 0 saturated carbocycles. The molecule has 1 N–H and O–H groups in total. The minimum absolute atomic E-state index is 0.139. The van der Waals surface area contributed by atoms with E-state index >= 15 is 0 Å². The molecule has 0 radical (unpaired) electrons. The van der Waals surface area contributed by atoms with Crippen molar-refractivity contribution in [3.8, 4) is 0 Å². The number of nitrogens with zero attached hydrogens (tertiary/aromatic N) is 2. The molecule has 1 atom stereocenters. The first kappa shape index (κ1) is 14.3. The van der Waals surface area contributed by atoms with E-state index in [1.807, 2.05) is 12.1 Å². The maximum Gasteiger partial charge on any atom is 0.327 e. The summed E-state index contributed by atoms with van der Waals surface area (Å²) < 4.78 is 0. The molecule has 2 heterocycles. The second kappa shape index (κ2) is 5.97. The van der Waals surface area contributed by atoms with Crippen LogP contribution in [0.2, 0.25) is 0 Å². The second-order valence-electron chi connectivity index (χ2n) is 5.36. The van der Waals surface area contributed by atoms with Crippen molar-refractivity contribution < 1.29 is 14.7 Å². The highest BCUT2D eigenvalue weighted by molar-refractivity contribution is 7.99. The number of urea groups is 1. The highest BCUT2D eigenvalue weighted by Gasteiger charge is 2.36. The summed E-state index contributed by atoms with van der Waals surface area (Å²) in [5, 5.41) is 9.20. The predicted molar refractivity (Wildman–Crippen MR) is 81.4 cm³/mol. The van der Waals surface area contributed by atoms with Crippen LogP contribution in [0, 0.1) is 0 Å². The predicted octanol–water partition coefficient (Wildman–Crippen LogP) is 1.67. The monoisotopic (exact) mass is 306 g/mol. The summed E-state index contributed by atoms with van der Waals surface area (Å²) in [6, 6.07) is 7.43. The standard InChI is InChI=1S/C15H18N2O3S/c18-14(19)13-9-21-10-17(13)15(20)16-7-5-11-3-1-2-4-12(11)6-8-16/h1-4,13H,5-10H2,(H,18,19). The Bertz CT molecular complexity index is 537. The van der Waals surface area contributed by atoms with E-state index in [1.165, 1.54) is 27.8 Å². The van der Waals surface area contributed by atoms with E-state index in [4.69, 9.17) is 0 Å². The van der Waals surface area contributed by atoms with Gasteiger partial charge in [-0.1, -0.05) is 24.3 Å². The van der Waals surface area contributed by atoms with Gasteiger partial charge in [0.15, 0.2) is 0 Å². The van der Waals surface area contributed by atoms with Crippen LogP contribution in [0.3, 0.4) is 0 Å². The van der Waals surface area contributed by atoms with Crippen LogP contribution in [-0.2, 0) is 17.6 Å². The van der Waals surface area contributed by atoms with E-state index in [0.717, 1.165) is 12.8 Å². The Kier molecular flexibility index (Phi) is 4.05. The Balaban J connectivity index is 1.71. The maximum atomic E-state index is 12.6. The number of amides is 2. The molecule has 1 aromatic carbocycles. The molecule has 6 heteroatoms. The minimum Gasteiger partial charge on any atom is -0.480 e. The quantitative estimate of drug-likeness (QED) is 0.857. The number of rotatable bonds is 1. The molecule has 112 valence electrons. The molecule has 0 bridgehead atoms. The van der Waals surface area contributed by atoms with Gasteiger partial charge in [-0.3, -0.25) is 0 Å². The number of carboxylic acids is 1. The topological polar surface area (TPSA) is 60.9 Å². The van der Waals surface area contributed by atoms with Crippen molar-refractivity contribution in [2.75, 3.05) is 24.7 Å². The number of hydrogen-bond donors (Lipinski definition) is 1. The Morgan fingerprint density at radius 1 is 1.14 bits per heavy atom. The van der Waals surface area contributed by atoms with Gasteiger partial charge in [0.1, 0.15) is 6.04 Å². The maximum absolute atomic E-state index is 12.6. The van der Waals surface area contributed by atoms with Gasteiger partial charge in [0.05, 0.1) is 5.88 Å². The van der Waals surface area contributed by atoms with Gasteiger partial charge in [-0.2, -0.15) is 0 Å². The number of benzene rings is 1. The van der Waals surface area contributed by atoms with Gasteiger partial charge >= 0.3 is 12.0 Å². The average molecular weight is 306 g/mol. The van der Waals surface area contributed by atoms with Crippen LogP contribution in [0.4, 0.5) is 4.79 Å². The number of thioether (sulfide) groups is 1. The smallest absolute Gasteiger partial charge is 0.327 e. The van der Waals surface area contributed by atoms with Crippen molar-refractivity contribution >= 4 is 23.8 Å². The zero-order valence-corrected chi connectivity index (χ0v) is 12.5. The highest BCUT2D eigenvalue weighted by atomic mass is 32.2. The first-order valence-electron chi connectivity index (χ1n) is 7.09. The molecule has 0 spiro atoms. The lowest BCUT2D eigenvalue weighted by atomic mass is 10.0. The molecule has 1 unspecified atom stereocenters. The Morgan fingerprint density at radius 2 is 1.76 bits per heavy atom. The van der Waals surface area contributed by atoms with Crippen LogP contribution in [0.15, 0.2) is 24.3 Å². The summed E-state index contributed by atoms with van der Waals surface area (Å²) in [7, 11) is 0. The molecule has 21 heavy (non-hydrogen) atoms. The molecule has 2 aliphatic rings. The van der Waals surface area contributed by atoms with Crippen molar-refractivity contribution in [3.63, 3.8) is 0 Å². The van der Waals surface area contributed by atoms with Gasteiger partial charge in [-0.05, 0) is 24.0 Å². The molecule has 2 amide bonds. The third-order valence-electron chi connectivity index (χ3n) is 4.10. The average Bonchev–Trinajstić information content (AvgIpc) is 2.88. The van der Waals surface area contributed by atoms with Gasteiger partial charge in [0.25, 0.3) is 0 Å². The van der Waals surface area contributed by atoms with E-state index in [-0.39, 0.29) is 6.03 Å². The lowest BCUT2D eigenvalue weighted by Gasteiger charge is -2.28. The van der Waals surface area contributed by atoms with Crippen molar-refractivity contribution in [2.45, 2.75) is 18.9 Å². The SMILES string of the molecule is O=C(O)C1CSCN1C(=O)N1CCc2ccccc2CC1. The first-order chi connectivity index (χ1) is 10.2. The van der Waals surface area contributed by atoms with Gasteiger partial charge in [0.2, 0.25) is 0 Å². The summed E-state index contributed by atoms with van der Waals surface area (Å²) in [6.07, 6.45) is 1.67. The summed E-state index contributed by atoms with van der Waals surface area (Å²) in [5.41, 5.74) is 2.58. The van der Waals surface area contributed by atoms with E-state index in [1.54, 1.807) is 4.90 Å². The number of fused-ring (bicyclic) bond motifs is 1.